The molecule has 1 unspecified atom stereocenters. The van der Waals surface area contributed by atoms with Crippen molar-refractivity contribution in [1.29, 1.82) is 0 Å². The van der Waals surface area contributed by atoms with Gasteiger partial charge in [0.1, 0.15) is 11.5 Å². The van der Waals surface area contributed by atoms with E-state index in [4.69, 9.17) is 4.42 Å². The molecule has 3 aliphatic rings. The summed E-state index contributed by atoms with van der Waals surface area (Å²) in [7, 11) is -3.98. The van der Waals surface area contributed by atoms with Gasteiger partial charge >= 0.3 is 5.63 Å². The molecule has 2 aromatic carbocycles. The zero-order valence-corrected chi connectivity index (χ0v) is 23.6. The van der Waals surface area contributed by atoms with Crippen molar-refractivity contribution in [1.82, 2.24) is 4.90 Å². The van der Waals surface area contributed by atoms with E-state index in [1.54, 1.807) is 36.4 Å². The van der Waals surface area contributed by atoms with Crippen molar-refractivity contribution < 1.29 is 32.3 Å². The Hall–Kier alpha value is -4.25. The first-order valence-corrected chi connectivity index (χ1v) is 15.8. The summed E-state index contributed by atoms with van der Waals surface area (Å²) in [6.45, 7) is -0.315. The van der Waals surface area contributed by atoms with Gasteiger partial charge in [-0.25, -0.2) is 13.2 Å². The van der Waals surface area contributed by atoms with Crippen LogP contribution in [0.5, 0.6) is 5.75 Å². The van der Waals surface area contributed by atoms with Gasteiger partial charge in [0.2, 0.25) is 10.0 Å². The molecule has 0 saturated heterocycles. The molecule has 2 N–H and O–H groups in total. The van der Waals surface area contributed by atoms with Gasteiger partial charge in [-0.15, -0.1) is 0 Å². The first-order valence-electron chi connectivity index (χ1n) is 14.1. The lowest BCUT2D eigenvalue weighted by atomic mass is 9.85. The standard InChI is InChI=1S/C31H30N2O8S/c34-23-11-2-1-3-12-24-26(23)28(35)27(31(38)41-24)25(18-13-14-18)19-7-6-8-20(17-19)32-42(39,40)16-15-33-29(36)21-9-4-5-10-22(21)30(33)37/h4-10,17-18,25,32,35H,1-3,11-16H2. The second-order valence-electron chi connectivity index (χ2n) is 11.1. The molecule has 1 atom stereocenters. The van der Waals surface area contributed by atoms with Crippen molar-refractivity contribution in [2.45, 2.75) is 50.9 Å². The van der Waals surface area contributed by atoms with Crippen molar-refractivity contribution >= 4 is 33.3 Å². The minimum Gasteiger partial charge on any atom is -0.506 e. The molecular formula is C31H30N2O8S. The highest BCUT2D eigenvalue weighted by Crippen LogP contribution is 2.49. The number of nitrogens with one attached hydrogen (secondary N) is 1. The quantitative estimate of drug-likeness (QED) is 0.370. The van der Waals surface area contributed by atoms with Gasteiger partial charge in [0.25, 0.3) is 11.8 Å². The number of hydrogen-bond acceptors (Lipinski definition) is 8. The molecule has 0 radical (unpaired) electrons. The fraction of sp³-hybridized carbons (Fsp3) is 0.355. The highest BCUT2D eigenvalue weighted by atomic mass is 32.2. The Kier molecular flexibility index (Phi) is 7.22. The molecule has 218 valence electrons. The average molecular weight is 591 g/mol. The summed E-state index contributed by atoms with van der Waals surface area (Å²) < 4.78 is 34.1. The predicted octanol–water partition coefficient (Wildman–Crippen LogP) is 4.22. The fourth-order valence-electron chi connectivity index (χ4n) is 5.98. The number of aryl methyl sites for hydroxylation is 1. The summed E-state index contributed by atoms with van der Waals surface area (Å²) in [5.41, 5.74) is 0.730. The van der Waals surface area contributed by atoms with E-state index >= 15 is 0 Å². The van der Waals surface area contributed by atoms with Crippen molar-refractivity contribution in [3.8, 4) is 5.75 Å². The number of carbonyl (C=O) groups excluding carboxylic acids is 3. The summed E-state index contributed by atoms with van der Waals surface area (Å²) in [6, 6.07) is 12.9. The molecular weight excluding hydrogens is 560 g/mol. The van der Waals surface area contributed by atoms with Gasteiger partial charge in [0, 0.05) is 31.0 Å². The van der Waals surface area contributed by atoms with E-state index in [0.29, 0.717) is 18.4 Å². The summed E-state index contributed by atoms with van der Waals surface area (Å²) in [5, 5.41) is 11.3. The number of amides is 2. The number of Topliss-reactive ketones (excluding diaryl/α,β-unsaturated/α-hetero) is 1. The van der Waals surface area contributed by atoms with Gasteiger partial charge in [-0.1, -0.05) is 30.7 Å². The van der Waals surface area contributed by atoms with Crippen LogP contribution in [0.25, 0.3) is 0 Å². The molecule has 1 saturated carbocycles. The third-order valence-electron chi connectivity index (χ3n) is 8.18. The molecule has 2 aliphatic carbocycles. The second-order valence-corrected chi connectivity index (χ2v) is 12.9. The van der Waals surface area contributed by atoms with Gasteiger partial charge in [0.15, 0.2) is 5.78 Å². The Morgan fingerprint density at radius 1 is 0.929 bits per heavy atom. The number of sulfonamides is 1. The van der Waals surface area contributed by atoms with Crippen molar-refractivity contribution in [3.63, 3.8) is 0 Å². The first kappa shape index (κ1) is 27.9. The van der Waals surface area contributed by atoms with E-state index in [-0.39, 0.29) is 64.1 Å². The number of carbonyl (C=O) groups is 3. The van der Waals surface area contributed by atoms with Crippen LogP contribution < -0.4 is 10.3 Å². The molecule has 2 amide bonds. The van der Waals surface area contributed by atoms with Crippen LogP contribution in [0.15, 0.2) is 57.7 Å². The maximum Gasteiger partial charge on any atom is 0.343 e. The van der Waals surface area contributed by atoms with E-state index in [1.807, 2.05) is 0 Å². The monoisotopic (exact) mass is 590 g/mol. The molecule has 3 aromatic rings. The zero-order chi connectivity index (χ0) is 29.6. The van der Waals surface area contributed by atoms with E-state index in [2.05, 4.69) is 4.72 Å². The minimum atomic E-state index is -3.98. The lowest BCUT2D eigenvalue weighted by Crippen LogP contribution is -2.35. The second kappa shape index (κ2) is 10.9. The predicted molar refractivity (Wildman–Crippen MR) is 153 cm³/mol. The molecule has 1 aliphatic heterocycles. The number of anilines is 1. The number of imide groups is 1. The number of ketones is 1. The summed E-state index contributed by atoms with van der Waals surface area (Å²) >= 11 is 0. The Morgan fingerprint density at radius 2 is 1.62 bits per heavy atom. The van der Waals surface area contributed by atoms with Crippen LogP contribution in [0.3, 0.4) is 0 Å². The van der Waals surface area contributed by atoms with E-state index in [1.165, 1.54) is 12.1 Å². The third-order valence-corrected chi connectivity index (χ3v) is 9.45. The topological polar surface area (TPSA) is 151 Å². The van der Waals surface area contributed by atoms with Crippen LogP contribution >= 0.6 is 0 Å². The molecule has 0 spiro atoms. The van der Waals surface area contributed by atoms with Crippen molar-refractivity contribution in [2.75, 3.05) is 17.0 Å². The van der Waals surface area contributed by atoms with Crippen molar-refractivity contribution in [2.24, 2.45) is 5.92 Å². The maximum absolute atomic E-state index is 13.2. The fourth-order valence-corrected chi connectivity index (χ4v) is 6.99. The first-order chi connectivity index (χ1) is 20.1. The molecule has 1 fully saturated rings. The van der Waals surface area contributed by atoms with Gasteiger partial charge in [0.05, 0.1) is 28.0 Å². The van der Waals surface area contributed by atoms with Crippen LogP contribution in [-0.4, -0.2) is 48.3 Å². The van der Waals surface area contributed by atoms with Gasteiger partial charge in [-0.05, 0) is 61.4 Å². The summed E-state index contributed by atoms with van der Waals surface area (Å²) in [5.74, 6) is -2.51. The van der Waals surface area contributed by atoms with Gasteiger partial charge in [-0.2, -0.15) is 0 Å². The lowest BCUT2D eigenvalue weighted by molar-refractivity contribution is 0.0663. The average Bonchev–Trinajstić information content (AvgIpc) is 3.75. The molecule has 0 bridgehead atoms. The smallest absolute Gasteiger partial charge is 0.343 e. The molecule has 42 heavy (non-hydrogen) atoms. The minimum absolute atomic E-state index is 0.0150. The summed E-state index contributed by atoms with van der Waals surface area (Å²) in [6.07, 6.45) is 4.55. The van der Waals surface area contributed by atoms with Crippen LogP contribution in [0.2, 0.25) is 0 Å². The lowest BCUT2D eigenvalue weighted by Gasteiger charge is -2.21. The Morgan fingerprint density at radius 3 is 2.31 bits per heavy atom. The van der Waals surface area contributed by atoms with Crippen LogP contribution in [-0.2, 0) is 16.4 Å². The molecule has 10 nitrogen and oxygen atoms in total. The summed E-state index contributed by atoms with van der Waals surface area (Å²) in [4.78, 5) is 52.3. The SMILES string of the molecule is O=C1CCCCCc2oc(=O)c(C(c3cccc(NS(=O)(=O)CCN4C(=O)c5ccccc5C4=O)c3)C3CC3)c(O)c21. The normalized spacial score (nSPS) is 17.8. The number of hydrogen-bond donors (Lipinski definition) is 2. The number of benzene rings is 2. The van der Waals surface area contributed by atoms with Crippen LogP contribution in [0.1, 0.15) is 92.4 Å². The number of rotatable bonds is 8. The Labute approximate surface area is 242 Å². The number of fused-ring (bicyclic) bond motifs is 2. The maximum atomic E-state index is 13.2. The third kappa shape index (κ3) is 5.24. The van der Waals surface area contributed by atoms with Gasteiger partial charge < -0.3 is 9.52 Å². The van der Waals surface area contributed by atoms with Crippen LogP contribution in [0.4, 0.5) is 5.69 Å². The Balaban J connectivity index is 1.25. The van der Waals surface area contributed by atoms with Crippen LogP contribution in [0, 0.1) is 5.92 Å². The van der Waals surface area contributed by atoms with E-state index < -0.39 is 39.1 Å². The number of nitrogens with zero attached hydrogens (tertiary/aromatic N) is 1. The van der Waals surface area contributed by atoms with E-state index in [0.717, 1.165) is 30.6 Å². The number of aromatic hydroxyl groups is 1. The molecule has 1 aromatic heterocycles. The molecule has 11 heteroatoms. The highest BCUT2D eigenvalue weighted by Gasteiger charge is 2.40. The Bertz CT molecular complexity index is 1740. The molecule has 6 rings (SSSR count). The van der Waals surface area contributed by atoms with Crippen molar-refractivity contribution in [3.05, 3.63) is 92.5 Å². The zero-order valence-electron chi connectivity index (χ0n) is 22.8. The largest absolute Gasteiger partial charge is 0.506 e. The molecule has 2 heterocycles. The van der Waals surface area contributed by atoms with E-state index in [9.17, 15) is 32.7 Å². The van der Waals surface area contributed by atoms with Gasteiger partial charge in [-0.3, -0.25) is 24.0 Å². The highest BCUT2D eigenvalue weighted by molar-refractivity contribution is 7.92.